The van der Waals surface area contributed by atoms with Gasteiger partial charge in [0.05, 0.1) is 12.1 Å². The maximum Gasteiger partial charge on any atom is 0.228 e. The molecule has 0 spiro atoms. The summed E-state index contributed by atoms with van der Waals surface area (Å²) >= 11 is 0. The zero-order valence-corrected chi connectivity index (χ0v) is 16.9. The lowest BCUT2D eigenvalue weighted by Gasteiger charge is -2.28. The quantitative estimate of drug-likeness (QED) is 0.827. The second-order valence-electron chi connectivity index (χ2n) is 7.69. The average Bonchev–Trinajstić information content (AvgIpc) is 3.21. The summed E-state index contributed by atoms with van der Waals surface area (Å²) in [5, 5.41) is 7.71. The summed E-state index contributed by atoms with van der Waals surface area (Å²) in [4.78, 5) is 15.5. The Morgan fingerprint density at radius 1 is 1.22 bits per heavy atom. The van der Waals surface area contributed by atoms with Gasteiger partial charge in [0.15, 0.2) is 0 Å². The normalized spacial score (nSPS) is 21.7. The predicted molar refractivity (Wildman–Crippen MR) is 109 cm³/mol. The van der Waals surface area contributed by atoms with Crippen molar-refractivity contribution in [2.75, 3.05) is 13.1 Å². The fourth-order valence-electron chi connectivity index (χ4n) is 3.98. The molecule has 1 amide bonds. The molecule has 2 aromatic rings. The van der Waals surface area contributed by atoms with Crippen molar-refractivity contribution in [3.8, 4) is 0 Å². The van der Waals surface area contributed by atoms with Gasteiger partial charge in [0, 0.05) is 44.8 Å². The minimum Gasteiger partial charge on any atom is -0.335 e. The van der Waals surface area contributed by atoms with Gasteiger partial charge in [-0.05, 0) is 36.0 Å². The predicted octanol–water partition coefficient (Wildman–Crippen LogP) is 2.90. The van der Waals surface area contributed by atoms with Crippen LogP contribution in [0.2, 0.25) is 0 Å². The topological polar surface area (TPSA) is 50.2 Å². The summed E-state index contributed by atoms with van der Waals surface area (Å²) in [7, 11) is 1.93. The number of halogens is 1. The zero-order chi connectivity index (χ0) is 18.1. The molecule has 27 heavy (non-hydrogen) atoms. The fourth-order valence-corrected chi connectivity index (χ4v) is 3.98. The van der Waals surface area contributed by atoms with Crippen LogP contribution in [0.4, 0.5) is 0 Å². The highest BCUT2D eigenvalue weighted by Crippen LogP contribution is 2.35. The van der Waals surface area contributed by atoms with Gasteiger partial charge < -0.3 is 10.2 Å². The van der Waals surface area contributed by atoms with Crippen LogP contribution in [0.25, 0.3) is 0 Å². The van der Waals surface area contributed by atoms with Crippen molar-refractivity contribution in [3.63, 3.8) is 0 Å². The van der Waals surface area contributed by atoms with Crippen molar-refractivity contribution < 1.29 is 4.79 Å². The van der Waals surface area contributed by atoms with Crippen molar-refractivity contribution in [2.45, 2.75) is 44.7 Å². The molecule has 0 bridgehead atoms. The van der Waals surface area contributed by atoms with E-state index in [4.69, 9.17) is 0 Å². The third kappa shape index (κ3) is 4.36. The zero-order valence-electron chi connectivity index (χ0n) is 16.1. The lowest BCUT2D eigenvalue weighted by atomic mass is 9.89. The Morgan fingerprint density at radius 3 is 2.52 bits per heavy atom. The van der Waals surface area contributed by atoms with E-state index in [1.807, 2.05) is 24.1 Å². The summed E-state index contributed by atoms with van der Waals surface area (Å²) in [6.45, 7) is 4.51. The van der Waals surface area contributed by atoms with Crippen molar-refractivity contribution in [3.05, 3.63) is 53.3 Å². The van der Waals surface area contributed by atoms with E-state index in [-0.39, 0.29) is 24.2 Å². The first kappa shape index (κ1) is 19.9. The number of hydrogen-bond donors (Lipinski definition) is 1. The Morgan fingerprint density at radius 2 is 1.93 bits per heavy atom. The van der Waals surface area contributed by atoms with Crippen LogP contribution >= 0.6 is 12.4 Å². The van der Waals surface area contributed by atoms with Crippen molar-refractivity contribution in [2.24, 2.45) is 13.0 Å². The van der Waals surface area contributed by atoms with E-state index in [0.29, 0.717) is 11.9 Å². The number of nitrogens with zero attached hydrogens (tertiary/aromatic N) is 3. The molecule has 1 aliphatic carbocycles. The highest BCUT2D eigenvalue weighted by molar-refractivity contribution is 5.85. The van der Waals surface area contributed by atoms with E-state index >= 15 is 0 Å². The molecule has 146 valence electrons. The second-order valence-corrected chi connectivity index (χ2v) is 7.69. The fraction of sp³-hybridized carbons (Fsp3) is 0.524. The standard InChI is InChI=1S/C21H28N4O.ClH/c1-3-15-4-6-16(7-5-15)13-25(18-8-9-18)21(26)20-12-22-11-19(20)17-10-23-24(2)14-17;/h4-7,10,14,18-20,22H,3,8-9,11-13H2,1-2H3;1H/t19-,20+;/m1./s1. The molecule has 6 heteroatoms. The van der Waals surface area contributed by atoms with Gasteiger partial charge in [0.1, 0.15) is 0 Å². The van der Waals surface area contributed by atoms with Gasteiger partial charge in [-0.3, -0.25) is 9.48 Å². The van der Waals surface area contributed by atoms with Crippen molar-refractivity contribution in [1.29, 1.82) is 0 Å². The van der Waals surface area contributed by atoms with E-state index in [2.05, 4.69) is 46.5 Å². The molecular formula is C21H29ClN4O. The number of aromatic nitrogens is 2. The monoisotopic (exact) mass is 388 g/mol. The summed E-state index contributed by atoms with van der Waals surface area (Å²) < 4.78 is 1.82. The van der Waals surface area contributed by atoms with Crippen LogP contribution < -0.4 is 5.32 Å². The number of nitrogens with one attached hydrogen (secondary N) is 1. The van der Waals surface area contributed by atoms with Gasteiger partial charge in [-0.15, -0.1) is 12.4 Å². The van der Waals surface area contributed by atoms with Gasteiger partial charge in [0.25, 0.3) is 0 Å². The smallest absolute Gasteiger partial charge is 0.228 e. The van der Waals surface area contributed by atoms with Crippen LogP contribution in [0.15, 0.2) is 36.7 Å². The molecule has 5 nitrogen and oxygen atoms in total. The molecular weight excluding hydrogens is 360 g/mol. The third-order valence-corrected chi connectivity index (χ3v) is 5.74. The second kappa shape index (κ2) is 8.44. The van der Waals surface area contributed by atoms with E-state index in [0.717, 1.165) is 38.9 Å². The van der Waals surface area contributed by atoms with Gasteiger partial charge >= 0.3 is 0 Å². The summed E-state index contributed by atoms with van der Waals surface area (Å²) in [6.07, 6.45) is 7.27. The number of hydrogen-bond acceptors (Lipinski definition) is 3. The minimum absolute atomic E-state index is 0. The van der Waals surface area contributed by atoms with Crippen LogP contribution in [-0.4, -0.2) is 39.7 Å². The van der Waals surface area contributed by atoms with Crippen LogP contribution in [0.5, 0.6) is 0 Å². The number of benzene rings is 1. The number of carbonyl (C=O) groups excluding carboxylic acids is 1. The third-order valence-electron chi connectivity index (χ3n) is 5.74. The molecule has 2 heterocycles. The average molecular weight is 389 g/mol. The molecule has 2 fully saturated rings. The summed E-state index contributed by atoms with van der Waals surface area (Å²) in [5.41, 5.74) is 3.74. The van der Waals surface area contributed by atoms with E-state index in [1.165, 1.54) is 16.7 Å². The summed E-state index contributed by atoms with van der Waals surface area (Å²) in [6, 6.07) is 9.13. The molecule has 1 aromatic heterocycles. The van der Waals surface area contributed by atoms with Crippen molar-refractivity contribution >= 4 is 18.3 Å². The highest BCUT2D eigenvalue weighted by Gasteiger charge is 2.41. The first-order chi connectivity index (χ1) is 12.7. The lowest BCUT2D eigenvalue weighted by molar-refractivity contribution is -0.136. The van der Waals surface area contributed by atoms with Gasteiger partial charge in [-0.2, -0.15) is 5.10 Å². The number of aryl methyl sites for hydroxylation is 2. The Balaban J connectivity index is 0.00000210. The van der Waals surface area contributed by atoms with Gasteiger partial charge in [0.2, 0.25) is 5.91 Å². The van der Waals surface area contributed by atoms with E-state index in [9.17, 15) is 4.79 Å². The van der Waals surface area contributed by atoms with Crippen LogP contribution in [0.3, 0.4) is 0 Å². The van der Waals surface area contributed by atoms with Gasteiger partial charge in [-0.1, -0.05) is 31.2 Å². The molecule has 1 aliphatic heterocycles. The van der Waals surface area contributed by atoms with Crippen molar-refractivity contribution in [1.82, 2.24) is 20.0 Å². The molecule has 4 rings (SSSR count). The molecule has 0 unspecified atom stereocenters. The van der Waals surface area contributed by atoms with Crippen LogP contribution in [-0.2, 0) is 24.8 Å². The molecule has 2 atom stereocenters. The molecule has 2 aliphatic rings. The maximum absolute atomic E-state index is 13.4. The Bertz CT molecular complexity index is 769. The van der Waals surface area contributed by atoms with Crippen LogP contribution in [0, 0.1) is 5.92 Å². The number of rotatable bonds is 6. The van der Waals surface area contributed by atoms with E-state index in [1.54, 1.807) is 0 Å². The minimum atomic E-state index is 0. The Labute approximate surface area is 167 Å². The summed E-state index contributed by atoms with van der Waals surface area (Å²) in [5.74, 6) is 0.528. The van der Waals surface area contributed by atoms with Crippen LogP contribution in [0.1, 0.15) is 42.4 Å². The molecule has 0 radical (unpaired) electrons. The first-order valence-corrected chi connectivity index (χ1v) is 9.73. The number of carbonyl (C=O) groups is 1. The molecule has 1 aromatic carbocycles. The first-order valence-electron chi connectivity index (χ1n) is 9.73. The maximum atomic E-state index is 13.4. The Kier molecular flexibility index (Phi) is 6.22. The Hall–Kier alpha value is -1.85. The number of amides is 1. The lowest BCUT2D eigenvalue weighted by Crippen LogP contribution is -2.39. The molecule has 1 saturated heterocycles. The SMILES string of the molecule is CCc1ccc(CN(C(=O)[C@H]2CNC[C@@H]2c2cnn(C)c2)C2CC2)cc1.Cl. The van der Waals surface area contributed by atoms with E-state index < -0.39 is 0 Å². The van der Waals surface area contributed by atoms with Gasteiger partial charge in [-0.25, -0.2) is 0 Å². The molecule has 1 saturated carbocycles. The highest BCUT2D eigenvalue weighted by atomic mass is 35.5. The molecule has 1 N–H and O–H groups in total. The largest absolute Gasteiger partial charge is 0.335 e.